The SMILES string of the molecule is CS(=O)(=O)OCCc1cn(C2=C(n3ccc4ccccc43)C(=O)NC2=O)c2ccccc12. The normalized spacial score (nSPS) is 14.7. The molecular weight excluding hydrogens is 430 g/mol. The Morgan fingerprint density at radius 1 is 0.875 bits per heavy atom. The lowest BCUT2D eigenvalue weighted by atomic mass is 10.1. The Morgan fingerprint density at radius 3 is 2.28 bits per heavy atom. The molecule has 0 saturated carbocycles. The number of nitrogens with zero attached hydrogens (tertiary/aromatic N) is 2. The predicted molar refractivity (Wildman–Crippen MR) is 121 cm³/mol. The first kappa shape index (κ1) is 20.2. The first-order valence-corrected chi connectivity index (χ1v) is 11.8. The van der Waals surface area contributed by atoms with E-state index in [1.54, 1.807) is 21.5 Å². The highest BCUT2D eigenvalue weighted by atomic mass is 32.2. The van der Waals surface area contributed by atoms with Crippen molar-refractivity contribution < 1.29 is 22.2 Å². The standard InChI is InChI=1S/C23H19N3O5S/c1-32(29,30)31-13-11-16-14-26(19-9-5-3-7-17(16)19)21-20(22(27)24-23(21)28)25-12-10-15-6-2-4-8-18(15)25/h2-10,12,14H,11,13H2,1H3,(H,24,27,28). The molecule has 32 heavy (non-hydrogen) atoms. The van der Waals surface area contributed by atoms with E-state index in [-0.39, 0.29) is 18.0 Å². The second kappa shape index (κ2) is 7.47. The minimum Gasteiger partial charge on any atom is -0.310 e. The van der Waals surface area contributed by atoms with Crippen LogP contribution in [0.25, 0.3) is 33.2 Å². The van der Waals surface area contributed by atoms with E-state index in [4.69, 9.17) is 4.18 Å². The quantitative estimate of drug-likeness (QED) is 0.360. The zero-order chi connectivity index (χ0) is 22.5. The van der Waals surface area contributed by atoms with E-state index in [0.29, 0.717) is 6.42 Å². The molecule has 1 aliphatic heterocycles. The van der Waals surface area contributed by atoms with Crippen LogP contribution in [0.2, 0.25) is 0 Å². The van der Waals surface area contributed by atoms with Crippen molar-refractivity contribution >= 4 is 55.1 Å². The maximum absolute atomic E-state index is 12.9. The number of hydrogen-bond acceptors (Lipinski definition) is 5. The first-order valence-electron chi connectivity index (χ1n) is 9.93. The van der Waals surface area contributed by atoms with Gasteiger partial charge in [-0.1, -0.05) is 36.4 Å². The molecule has 1 N–H and O–H groups in total. The van der Waals surface area contributed by atoms with E-state index in [2.05, 4.69) is 5.32 Å². The van der Waals surface area contributed by atoms with Crippen molar-refractivity contribution in [3.8, 4) is 0 Å². The Bertz CT molecular complexity index is 1540. The van der Waals surface area contributed by atoms with E-state index < -0.39 is 21.9 Å². The molecule has 1 aliphatic rings. The number of rotatable bonds is 6. The van der Waals surface area contributed by atoms with Crippen LogP contribution in [0.4, 0.5) is 0 Å². The molecule has 2 amide bonds. The van der Waals surface area contributed by atoms with Gasteiger partial charge in [0.25, 0.3) is 21.9 Å². The van der Waals surface area contributed by atoms with Gasteiger partial charge >= 0.3 is 0 Å². The summed E-state index contributed by atoms with van der Waals surface area (Å²) in [7, 11) is -3.56. The van der Waals surface area contributed by atoms with E-state index in [1.807, 2.05) is 54.6 Å². The average molecular weight is 449 g/mol. The Labute approximate surface area is 183 Å². The van der Waals surface area contributed by atoms with Gasteiger partial charge < -0.3 is 9.13 Å². The van der Waals surface area contributed by atoms with Crippen LogP contribution >= 0.6 is 0 Å². The molecule has 5 rings (SSSR count). The maximum atomic E-state index is 12.9. The molecule has 3 heterocycles. The molecule has 0 bridgehead atoms. The van der Waals surface area contributed by atoms with E-state index in [9.17, 15) is 18.0 Å². The van der Waals surface area contributed by atoms with Gasteiger partial charge in [-0.15, -0.1) is 0 Å². The van der Waals surface area contributed by atoms with Crippen molar-refractivity contribution in [2.24, 2.45) is 0 Å². The second-order valence-corrected chi connectivity index (χ2v) is 9.19. The number of nitrogens with one attached hydrogen (secondary N) is 1. The van der Waals surface area contributed by atoms with Gasteiger partial charge in [-0.2, -0.15) is 8.42 Å². The van der Waals surface area contributed by atoms with Crippen molar-refractivity contribution in [1.29, 1.82) is 0 Å². The van der Waals surface area contributed by atoms with Gasteiger partial charge in [0.05, 0.1) is 23.9 Å². The summed E-state index contributed by atoms with van der Waals surface area (Å²) in [6.07, 6.45) is 4.86. The van der Waals surface area contributed by atoms with Crippen LogP contribution in [0, 0.1) is 0 Å². The van der Waals surface area contributed by atoms with Gasteiger partial charge in [0.15, 0.2) is 0 Å². The summed E-state index contributed by atoms with van der Waals surface area (Å²) >= 11 is 0. The number of hydrogen-bond donors (Lipinski definition) is 1. The zero-order valence-corrected chi connectivity index (χ0v) is 17.9. The molecule has 162 valence electrons. The molecule has 0 unspecified atom stereocenters. The number of amides is 2. The number of imide groups is 1. The van der Waals surface area contributed by atoms with Gasteiger partial charge in [0.2, 0.25) is 0 Å². The van der Waals surface area contributed by atoms with E-state index in [0.717, 1.165) is 33.6 Å². The molecule has 0 atom stereocenters. The van der Waals surface area contributed by atoms with E-state index >= 15 is 0 Å². The van der Waals surface area contributed by atoms with Crippen LogP contribution in [-0.4, -0.2) is 42.2 Å². The summed E-state index contributed by atoms with van der Waals surface area (Å²) in [4.78, 5) is 25.7. The highest BCUT2D eigenvalue weighted by Crippen LogP contribution is 2.32. The summed E-state index contributed by atoms with van der Waals surface area (Å²) in [5, 5.41) is 4.20. The molecule has 2 aromatic heterocycles. The number of benzene rings is 2. The Kier molecular flexibility index (Phi) is 4.72. The molecule has 0 spiro atoms. The van der Waals surface area contributed by atoms with Gasteiger partial charge in [-0.3, -0.25) is 19.1 Å². The third-order valence-corrected chi connectivity index (χ3v) is 6.02. The smallest absolute Gasteiger partial charge is 0.277 e. The van der Waals surface area contributed by atoms with Gasteiger partial charge in [-0.25, -0.2) is 0 Å². The van der Waals surface area contributed by atoms with Crippen molar-refractivity contribution in [1.82, 2.24) is 14.5 Å². The van der Waals surface area contributed by atoms with Crippen molar-refractivity contribution in [2.45, 2.75) is 6.42 Å². The lowest BCUT2D eigenvalue weighted by Gasteiger charge is -2.09. The largest absolute Gasteiger partial charge is 0.310 e. The fraction of sp³-hybridized carbons (Fsp3) is 0.130. The fourth-order valence-corrected chi connectivity index (χ4v) is 4.49. The molecule has 0 saturated heterocycles. The van der Waals surface area contributed by atoms with Gasteiger partial charge in [0.1, 0.15) is 11.4 Å². The maximum Gasteiger partial charge on any atom is 0.277 e. The van der Waals surface area contributed by atoms with Crippen LogP contribution in [0.15, 0.2) is 67.0 Å². The summed E-state index contributed by atoms with van der Waals surface area (Å²) in [6.45, 7) is -0.0217. The Balaban J connectivity index is 1.69. The lowest BCUT2D eigenvalue weighted by molar-refractivity contribution is -0.123. The number of carbonyl (C=O) groups excluding carboxylic acids is 2. The van der Waals surface area contributed by atoms with Crippen LogP contribution in [0.3, 0.4) is 0 Å². The summed E-state index contributed by atoms with van der Waals surface area (Å²) in [5.74, 6) is -0.978. The molecule has 4 aromatic rings. The van der Waals surface area contributed by atoms with Crippen molar-refractivity contribution in [2.75, 3.05) is 12.9 Å². The summed E-state index contributed by atoms with van der Waals surface area (Å²) in [5.41, 5.74) is 2.79. The summed E-state index contributed by atoms with van der Waals surface area (Å²) in [6, 6.07) is 16.9. The average Bonchev–Trinajstić information content (AvgIpc) is 3.40. The highest BCUT2D eigenvalue weighted by Gasteiger charge is 2.34. The first-order chi connectivity index (χ1) is 15.3. The summed E-state index contributed by atoms with van der Waals surface area (Å²) < 4.78 is 31.0. The van der Waals surface area contributed by atoms with Crippen LogP contribution in [0.1, 0.15) is 5.56 Å². The molecule has 0 aliphatic carbocycles. The number of carbonyl (C=O) groups is 2. The minimum atomic E-state index is -3.56. The molecule has 0 radical (unpaired) electrons. The third kappa shape index (κ3) is 3.41. The Morgan fingerprint density at radius 2 is 1.53 bits per heavy atom. The number of fused-ring (bicyclic) bond motifs is 2. The topological polar surface area (TPSA) is 99.4 Å². The lowest BCUT2D eigenvalue weighted by Crippen LogP contribution is -2.24. The van der Waals surface area contributed by atoms with Crippen LogP contribution in [0.5, 0.6) is 0 Å². The monoisotopic (exact) mass is 449 g/mol. The zero-order valence-electron chi connectivity index (χ0n) is 17.1. The van der Waals surface area contributed by atoms with Crippen LogP contribution < -0.4 is 5.32 Å². The molecule has 9 heteroatoms. The number of para-hydroxylation sites is 2. The minimum absolute atomic E-state index is 0.0217. The van der Waals surface area contributed by atoms with E-state index in [1.165, 1.54) is 0 Å². The Hall–Kier alpha value is -3.69. The van der Waals surface area contributed by atoms with Crippen molar-refractivity contribution in [3.05, 3.63) is 72.6 Å². The molecule has 0 fully saturated rings. The highest BCUT2D eigenvalue weighted by molar-refractivity contribution is 7.85. The predicted octanol–water partition coefficient (Wildman–Crippen LogP) is 2.60. The van der Waals surface area contributed by atoms with Gasteiger partial charge in [0, 0.05) is 17.8 Å². The molecular formula is C23H19N3O5S. The third-order valence-electron chi connectivity index (χ3n) is 5.43. The van der Waals surface area contributed by atoms with Gasteiger partial charge in [-0.05, 0) is 35.6 Å². The van der Waals surface area contributed by atoms with Crippen molar-refractivity contribution in [3.63, 3.8) is 0 Å². The fourth-order valence-electron chi connectivity index (χ4n) is 4.10. The number of aromatic nitrogens is 2. The molecule has 2 aromatic carbocycles. The van der Waals surface area contributed by atoms with Crippen LogP contribution in [-0.2, 0) is 30.3 Å². The second-order valence-electron chi connectivity index (χ2n) is 7.54. The molecule has 8 nitrogen and oxygen atoms in total.